The molecule has 96 valence electrons. The van der Waals surface area contributed by atoms with Crippen molar-refractivity contribution >= 4 is 17.3 Å². The van der Waals surface area contributed by atoms with Crippen molar-refractivity contribution in [1.82, 2.24) is 5.32 Å². The van der Waals surface area contributed by atoms with Crippen LogP contribution in [0.15, 0.2) is 18.2 Å². The minimum absolute atomic E-state index is 0.0341. The number of nitrogens with zero attached hydrogens (tertiary/aromatic N) is 1. The fourth-order valence-electron chi connectivity index (χ4n) is 2.00. The van der Waals surface area contributed by atoms with Crippen LogP contribution in [0.5, 0.6) is 0 Å². The van der Waals surface area contributed by atoms with Crippen LogP contribution in [-0.4, -0.2) is 23.4 Å². The molecule has 0 aromatic heterocycles. The largest absolute Gasteiger partial charge is 0.375 e. The lowest BCUT2D eigenvalue weighted by molar-refractivity contribution is -0.384. The van der Waals surface area contributed by atoms with E-state index in [4.69, 9.17) is 0 Å². The van der Waals surface area contributed by atoms with Crippen molar-refractivity contribution in [2.75, 3.05) is 11.9 Å². The molecule has 0 radical (unpaired) electrons. The highest BCUT2D eigenvalue weighted by molar-refractivity contribution is 5.77. The van der Waals surface area contributed by atoms with Gasteiger partial charge in [0, 0.05) is 25.1 Å². The zero-order chi connectivity index (χ0) is 13.1. The lowest BCUT2D eigenvalue weighted by Crippen LogP contribution is -2.41. The Morgan fingerprint density at radius 2 is 2.28 bits per heavy atom. The standard InChI is InChI=1S/C12H15N3O3/c1-8-2-4-11(15(17)18)10(6-8)14-9-3-5-12(16)13-7-9/h2,4,6,9,14H,3,5,7H2,1H3,(H,13,16). The van der Waals surface area contributed by atoms with Crippen LogP contribution < -0.4 is 10.6 Å². The van der Waals surface area contributed by atoms with Crippen molar-refractivity contribution in [2.45, 2.75) is 25.8 Å². The number of hydrogen-bond acceptors (Lipinski definition) is 4. The maximum atomic E-state index is 11.0. The molecule has 1 amide bonds. The minimum Gasteiger partial charge on any atom is -0.375 e. The number of amides is 1. The van der Waals surface area contributed by atoms with E-state index in [-0.39, 0.29) is 17.6 Å². The summed E-state index contributed by atoms with van der Waals surface area (Å²) in [5.74, 6) is 0.0341. The van der Waals surface area contributed by atoms with Gasteiger partial charge in [-0.25, -0.2) is 0 Å². The van der Waals surface area contributed by atoms with E-state index in [0.717, 1.165) is 5.56 Å². The molecule has 0 saturated carbocycles. The van der Waals surface area contributed by atoms with E-state index in [1.807, 2.05) is 6.92 Å². The fraction of sp³-hybridized carbons (Fsp3) is 0.417. The molecule has 1 heterocycles. The van der Waals surface area contributed by atoms with Crippen molar-refractivity contribution in [3.8, 4) is 0 Å². The number of nitro groups is 1. The molecule has 1 saturated heterocycles. The maximum Gasteiger partial charge on any atom is 0.292 e. The smallest absolute Gasteiger partial charge is 0.292 e. The molecule has 1 aromatic rings. The number of aryl methyl sites for hydroxylation is 1. The van der Waals surface area contributed by atoms with Crippen molar-refractivity contribution in [3.63, 3.8) is 0 Å². The van der Waals surface area contributed by atoms with Gasteiger partial charge in [-0.2, -0.15) is 0 Å². The number of carbonyl (C=O) groups is 1. The number of benzene rings is 1. The van der Waals surface area contributed by atoms with E-state index in [0.29, 0.717) is 25.1 Å². The Kier molecular flexibility index (Phi) is 3.45. The summed E-state index contributed by atoms with van der Waals surface area (Å²) in [6, 6.07) is 5.02. The Morgan fingerprint density at radius 1 is 1.50 bits per heavy atom. The van der Waals surface area contributed by atoms with Gasteiger partial charge in [0.1, 0.15) is 5.69 Å². The van der Waals surface area contributed by atoms with Gasteiger partial charge in [0.05, 0.1) is 4.92 Å². The SMILES string of the molecule is Cc1ccc([N+](=O)[O-])c(NC2CCC(=O)NC2)c1. The first-order valence-corrected chi connectivity index (χ1v) is 5.84. The summed E-state index contributed by atoms with van der Waals surface area (Å²) in [6.07, 6.45) is 1.15. The Labute approximate surface area is 105 Å². The predicted octanol–water partition coefficient (Wildman–Crippen LogP) is 1.59. The number of nitrogens with one attached hydrogen (secondary N) is 2. The summed E-state index contributed by atoms with van der Waals surface area (Å²) in [4.78, 5) is 21.6. The topological polar surface area (TPSA) is 84.3 Å². The Morgan fingerprint density at radius 3 is 2.89 bits per heavy atom. The molecule has 6 heteroatoms. The predicted molar refractivity (Wildman–Crippen MR) is 67.5 cm³/mol. The highest BCUT2D eigenvalue weighted by Crippen LogP contribution is 2.26. The molecule has 1 aromatic carbocycles. The summed E-state index contributed by atoms with van der Waals surface area (Å²) >= 11 is 0. The minimum atomic E-state index is -0.400. The van der Waals surface area contributed by atoms with E-state index in [1.54, 1.807) is 12.1 Å². The average molecular weight is 249 g/mol. The van der Waals surface area contributed by atoms with Gasteiger partial charge in [-0.3, -0.25) is 14.9 Å². The monoisotopic (exact) mass is 249 g/mol. The first-order valence-electron chi connectivity index (χ1n) is 5.84. The molecule has 1 unspecified atom stereocenters. The number of hydrogen-bond donors (Lipinski definition) is 2. The van der Waals surface area contributed by atoms with Gasteiger partial charge < -0.3 is 10.6 Å². The zero-order valence-electron chi connectivity index (χ0n) is 10.1. The van der Waals surface area contributed by atoms with Crippen LogP contribution in [0.1, 0.15) is 18.4 Å². The van der Waals surface area contributed by atoms with E-state index in [9.17, 15) is 14.9 Å². The van der Waals surface area contributed by atoms with Crippen LogP contribution in [0.25, 0.3) is 0 Å². The molecule has 6 nitrogen and oxygen atoms in total. The molecule has 1 aliphatic rings. The Balaban J connectivity index is 2.15. The van der Waals surface area contributed by atoms with Gasteiger partial charge in [0.15, 0.2) is 0 Å². The van der Waals surface area contributed by atoms with E-state index in [1.165, 1.54) is 6.07 Å². The van der Waals surface area contributed by atoms with E-state index >= 15 is 0 Å². The molecule has 2 N–H and O–H groups in total. The van der Waals surface area contributed by atoms with E-state index in [2.05, 4.69) is 10.6 Å². The lowest BCUT2D eigenvalue weighted by Gasteiger charge is -2.24. The highest BCUT2D eigenvalue weighted by atomic mass is 16.6. The quantitative estimate of drug-likeness (QED) is 0.629. The van der Waals surface area contributed by atoms with Crippen LogP contribution >= 0.6 is 0 Å². The van der Waals surface area contributed by atoms with Crippen LogP contribution in [0.3, 0.4) is 0 Å². The molecule has 1 fully saturated rings. The van der Waals surface area contributed by atoms with Crippen LogP contribution in [0, 0.1) is 17.0 Å². The molecule has 0 aliphatic carbocycles. The zero-order valence-corrected chi connectivity index (χ0v) is 10.1. The number of piperidine rings is 1. The molecule has 1 atom stereocenters. The number of anilines is 1. The van der Waals surface area contributed by atoms with Gasteiger partial charge in [0.25, 0.3) is 5.69 Å². The third-order valence-electron chi connectivity index (χ3n) is 2.97. The highest BCUT2D eigenvalue weighted by Gasteiger charge is 2.21. The first-order chi connectivity index (χ1) is 8.56. The normalized spacial score (nSPS) is 19.2. The molecular weight excluding hydrogens is 234 g/mol. The second-order valence-electron chi connectivity index (χ2n) is 4.46. The number of rotatable bonds is 3. The van der Waals surface area contributed by atoms with E-state index < -0.39 is 4.92 Å². The van der Waals surface area contributed by atoms with Crippen molar-refractivity contribution in [3.05, 3.63) is 33.9 Å². The summed E-state index contributed by atoms with van der Waals surface area (Å²) in [5, 5.41) is 16.8. The second kappa shape index (κ2) is 5.03. The molecular formula is C12H15N3O3. The third kappa shape index (κ3) is 2.77. The van der Waals surface area contributed by atoms with Gasteiger partial charge in [0.2, 0.25) is 5.91 Å². The van der Waals surface area contributed by atoms with Crippen LogP contribution in [0.2, 0.25) is 0 Å². The van der Waals surface area contributed by atoms with Crippen molar-refractivity contribution in [1.29, 1.82) is 0 Å². The Hall–Kier alpha value is -2.11. The summed E-state index contributed by atoms with van der Waals surface area (Å²) in [7, 11) is 0. The third-order valence-corrected chi connectivity index (χ3v) is 2.97. The van der Waals surface area contributed by atoms with Crippen molar-refractivity contribution < 1.29 is 9.72 Å². The summed E-state index contributed by atoms with van der Waals surface area (Å²) in [6.45, 7) is 2.39. The Bertz CT molecular complexity index is 477. The molecule has 18 heavy (non-hydrogen) atoms. The number of nitro benzene ring substituents is 1. The first kappa shape index (κ1) is 12.3. The lowest BCUT2D eigenvalue weighted by atomic mass is 10.1. The van der Waals surface area contributed by atoms with Gasteiger partial charge in [-0.1, -0.05) is 6.07 Å². The van der Waals surface area contributed by atoms with Crippen LogP contribution in [0.4, 0.5) is 11.4 Å². The molecule has 1 aliphatic heterocycles. The maximum absolute atomic E-state index is 11.0. The summed E-state index contributed by atoms with van der Waals surface area (Å²) in [5.41, 5.74) is 1.54. The van der Waals surface area contributed by atoms with Crippen LogP contribution in [-0.2, 0) is 4.79 Å². The fourth-order valence-corrected chi connectivity index (χ4v) is 2.00. The second-order valence-corrected chi connectivity index (χ2v) is 4.46. The summed E-state index contributed by atoms with van der Waals surface area (Å²) < 4.78 is 0. The van der Waals surface area contributed by atoms with Gasteiger partial charge in [-0.15, -0.1) is 0 Å². The average Bonchev–Trinajstić information content (AvgIpc) is 2.32. The number of carbonyl (C=O) groups excluding carboxylic acids is 1. The van der Waals surface area contributed by atoms with Gasteiger partial charge >= 0.3 is 0 Å². The molecule has 2 rings (SSSR count). The van der Waals surface area contributed by atoms with Crippen molar-refractivity contribution in [2.24, 2.45) is 0 Å². The van der Waals surface area contributed by atoms with Gasteiger partial charge in [-0.05, 0) is 25.0 Å². The molecule has 0 bridgehead atoms. The molecule has 0 spiro atoms.